The number of hydrogen-bond acceptors (Lipinski definition) is 6. The fraction of sp³-hybridized carbons (Fsp3) is 0.407. The van der Waals surface area contributed by atoms with Gasteiger partial charge in [-0.05, 0) is 49.0 Å². The van der Waals surface area contributed by atoms with E-state index in [4.69, 9.17) is 16.8 Å². The first-order valence-corrected chi connectivity index (χ1v) is 15.2. The Bertz CT molecular complexity index is 1180. The summed E-state index contributed by atoms with van der Waals surface area (Å²) in [5, 5.41) is 0. The standard InChI is InChI=1S/C27H34N2O4S3/c1-3-10-21(11-4-2)20-29-26(30)25(35-27(29)34)15-8-5-12-22-16-18-28(17-9-19-36(31,32)33)24-14-7-6-13-23(22)24/h5-8,12-16,18,21H,3-4,9-11,17,19-20H2,1-2H3,(H,31,32,33)/b8-5+,22-12+,25-15+. The Kier molecular flexibility index (Phi) is 10.5. The Balaban J connectivity index is 1.67. The van der Waals surface area contributed by atoms with E-state index in [1.807, 2.05) is 65.7 Å². The monoisotopic (exact) mass is 546 g/mol. The van der Waals surface area contributed by atoms with Crippen LogP contribution in [0.2, 0.25) is 0 Å². The second-order valence-corrected chi connectivity index (χ2v) is 12.2. The van der Waals surface area contributed by atoms with Crippen LogP contribution < -0.4 is 4.90 Å². The summed E-state index contributed by atoms with van der Waals surface area (Å²) in [5.74, 6) is 0.200. The zero-order valence-corrected chi connectivity index (χ0v) is 23.2. The molecule has 0 aliphatic carbocycles. The Morgan fingerprint density at radius 3 is 2.50 bits per heavy atom. The quantitative estimate of drug-likeness (QED) is 0.190. The van der Waals surface area contributed by atoms with Crippen LogP contribution in [0.3, 0.4) is 0 Å². The van der Waals surface area contributed by atoms with Crippen LogP contribution in [0.5, 0.6) is 0 Å². The van der Waals surface area contributed by atoms with Gasteiger partial charge in [-0.2, -0.15) is 8.42 Å². The Hall–Kier alpha value is -2.20. The van der Waals surface area contributed by atoms with Crippen LogP contribution in [0.25, 0.3) is 5.57 Å². The van der Waals surface area contributed by atoms with Crippen molar-refractivity contribution < 1.29 is 17.8 Å². The summed E-state index contributed by atoms with van der Waals surface area (Å²) in [6.07, 6.45) is 16.2. The van der Waals surface area contributed by atoms with Crippen molar-refractivity contribution in [1.29, 1.82) is 0 Å². The van der Waals surface area contributed by atoms with Crippen LogP contribution >= 0.6 is 24.0 Å². The van der Waals surface area contributed by atoms with Gasteiger partial charge in [0, 0.05) is 30.5 Å². The van der Waals surface area contributed by atoms with Crippen molar-refractivity contribution in [2.24, 2.45) is 5.92 Å². The third-order valence-electron chi connectivity index (χ3n) is 6.10. The van der Waals surface area contributed by atoms with Crippen molar-refractivity contribution in [3.8, 4) is 0 Å². The first kappa shape index (κ1) is 28.4. The molecule has 0 unspecified atom stereocenters. The predicted octanol–water partition coefficient (Wildman–Crippen LogP) is 6.20. The summed E-state index contributed by atoms with van der Waals surface area (Å²) in [4.78, 5) is 17.3. The minimum Gasteiger partial charge on any atom is -0.347 e. The number of allylic oxidation sites excluding steroid dienone is 6. The summed E-state index contributed by atoms with van der Waals surface area (Å²) in [6, 6.07) is 7.90. The number of hydrogen-bond donors (Lipinski definition) is 1. The van der Waals surface area contributed by atoms with Gasteiger partial charge in [0.2, 0.25) is 0 Å². The topological polar surface area (TPSA) is 77.9 Å². The fourth-order valence-corrected chi connectivity index (χ4v) is 6.16. The lowest BCUT2D eigenvalue weighted by Crippen LogP contribution is -2.33. The van der Waals surface area contributed by atoms with Crippen molar-refractivity contribution >= 4 is 55.6 Å². The Morgan fingerprint density at radius 1 is 1.11 bits per heavy atom. The fourth-order valence-electron chi connectivity index (χ4n) is 4.44. The second-order valence-electron chi connectivity index (χ2n) is 8.93. The Labute approximate surface area is 224 Å². The van der Waals surface area contributed by atoms with Crippen LogP contribution in [0.1, 0.15) is 51.5 Å². The van der Waals surface area contributed by atoms with E-state index >= 15 is 0 Å². The van der Waals surface area contributed by atoms with Crippen molar-refractivity contribution in [3.63, 3.8) is 0 Å². The van der Waals surface area contributed by atoms with Gasteiger partial charge in [0.15, 0.2) is 0 Å². The van der Waals surface area contributed by atoms with E-state index in [2.05, 4.69) is 13.8 Å². The number of para-hydroxylation sites is 1. The molecule has 1 fully saturated rings. The molecule has 0 spiro atoms. The van der Waals surface area contributed by atoms with E-state index in [0.717, 1.165) is 42.5 Å². The molecule has 3 rings (SSSR count). The molecule has 0 radical (unpaired) electrons. The summed E-state index contributed by atoms with van der Waals surface area (Å²) in [5.41, 5.74) is 3.01. The van der Waals surface area contributed by atoms with E-state index in [1.165, 1.54) is 11.8 Å². The normalized spacial score (nSPS) is 18.4. The molecule has 2 aliphatic rings. The van der Waals surface area contributed by atoms with Crippen molar-refractivity contribution in [1.82, 2.24) is 4.90 Å². The van der Waals surface area contributed by atoms with E-state index in [1.54, 1.807) is 4.90 Å². The minimum absolute atomic E-state index is 0.0112. The number of benzene rings is 1. The average Bonchev–Trinajstić information content (AvgIpc) is 3.09. The highest BCUT2D eigenvalue weighted by molar-refractivity contribution is 8.26. The van der Waals surface area contributed by atoms with Gasteiger partial charge in [-0.25, -0.2) is 0 Å². The van der Waals surface area contributed by atoms with Gasteiger partial charge in [0.25, 0.3) is 16.0 Å². The summed E-state index contributed by atoms with van der Waals surface area (Å²) in [6.45, 7) is 5.52. The van der Waals surface area contributed by atoms with E-state index in [9.17, 15) is 13.2 Å². The van der Waals surface area contributed by atoms with Crippen LogP contribution in [-0.2, 0) is 14.9 Å². The smallest absolute Gasteiger partial charge is 0.266 e. The highest BCUT2D eigenvalue weighted by Crippen LogP contribution is 2.34. The molecule has 194 valence electrons. The van der Waals surface area contributed by atoms with Crippen LogP contribution in [0, 0.1) is 5.92 Å². The van der Waals surface area contributed by atoms with Crippen molar-refractivity contribution in [2.75, 3.05) is 23.7 Å². The molecule has 1 N–H and O–H groups in total. The summed E-state index contributed by atoms with van der Waals surface area (Å²) in [7, 11) is -3.97. The molecule has 0 saturated carbocycles. The molecule has 2 heterocycles. The summed E-state index contributed by atoms with van der Waals surface area (Å²) >= 11 is 6.86. The summed E-state index contributed by atoms with van der Waals surface area (Å²) < 4.78 is 31.7. The molecule has 1 aromatic carbocycles. The van der Waals surface area contributed by atoms with Gasteiger partial charge in [-0.15, -0.1) is 0 Å². The molecular weight excluding hydrogens is 513 g/mol. The number of thiocarbonyl (C=S) groups is 1. The maximum Gasteiger partial charge on any atom is 0.266 e. The van der Waals surface area contributed by atoms with Gasteiger partial charge < -0.3 is 4.90 Å². The highest BCUT2D eigenvalue weighted by Gasteiger charge is 2.32. The lowest BCUT2D eigenvalue weighted by molar-refractivity contribution is -0.122. The van der Waals surface area contributed by atoms with Gasteiger partial charge >= 0.3 is 0 Å². The number of fused-ring (bicyclic) bond motifs is 1. The molecule has 0 bridgehead atoms. The molecule has 6 nitrogen and oxygen atoms in total. The zero-order valence-electron chi connectivity index (χ0n) is 20.8. The van der Waals surface area contributed by atoms with E-state index < -0.39 is 10.1 Å². The van der Waals surface area contributed by atoms with Crippen molar-refractivity contribution in [3.05, 3.63) is 71.3 Å². The lowest BCUT2D eigenvalue weighted by atomic mass is 9.98. The molecular formula is C27H34N2O4S3. The SMILES string of the molecule is CCCC(CCC)CN1C(=O)\C(=C/C=C/C=C2\C=CN(CCCS(=O)(=O)O)c3ccccc32)SC1=S. The molecule has 1 saturated heterocycles. The van der Waals surface area contributed by atoms with Crippen molar-refractivity contribution in [2.45, 2.75) is 46.0 Å². The van der Waals surface area contributed by atoms with Gasteiger partial charge in [0.1, 0.15) is 4.32 Å². The number of thioether (sulfide) groups is 1. The van der Waals surface area contributed by atoms with Crippen LogP contribution in [0.4, 0.5) is 5.69 Å². The number of rotatable bonds is 12. The largest absolute Gasteiger partial charge is 0.347 e. The number of nitrogens with zero attached hydrogens (tertiary/aromatic N) is 2. The van der Waals surface area contributed by atoms with Gasteiger partial charge in [-0.3, -0.25) is 14.2 Å². The number of amides is 1. The molecule has 1 aromatic rings. The number of anilines is 1. The van der Waals surface area contributed by atoms with E-state index in [-0.39, 0.29) is 11.7 Å². The van der Waals surface area contributed by atoms with E-state index in [0.29, 0.717) is 34.7 Å². The van der Waals surface area contributed by atoms with Crippen LogP contribution in [0.15, 0.2) is 65.8 Å². The minimum atomic E-state index is -3.97. The third-order valence-corrected chi connectivity index (χ3v) is 8.30. The Morgan fingerprint density at radius 2 is 1.81 bits per heavy atom. The molecule has 0 aromatic heterocycles. The van der Waals surface area contributed by atoms with Gasteiger partial charge in [0.05, 0.1) is 10.7 Å². The van der Waals surface area contributed by atoms with Crippen LogP contribution in [-0.4, -0.2) is 46.9 Å². The average molecular weight is 547 g/mol. The molecule has 0 atom stereocenters. The lowest BCUT2D eigenvalue weighted by Gasteiger charge is -2.27. The zero-order chi connectivity index (χ0) is 26.1. The number of carbonyl (C=O) groups excluding carboxylic acids is 1. The highest BCUT2D eigenvalue weighted by atomic mass is 32.2. The molecule has 36 heavy (non-hydrogen) atoms. The maximum absolute atomic E-state index is 12.9. The number of carbonyl (C=O) groups is 1. The van der Waals surface area contributed by atoms with Gasteiger partial charge in [-0.1, -0.05) is 87.1 Å². The third kappa shape index (κ3) is 7.90. The molecule has 2 aliphatic heterocycles. The molecule has 1 amide bonds. The first-order valence-electron chi connectivity index (χ1n) is 12.3. The molecule has 9 heteroatoms. The maximum atomic E-state index is 12.9. The predicted molar refractivity (Wildman–Crippen MR) is 154 cm³/mol. The second kappa shape index (κ2) is 13.4. The first-order chi connectivity index (χ1) is 17.2.